The van der Waals surface area contributed by atoms with Gasteiger partial charge in [0.05, 0.1) is 31.0 Å². The molecule has 0 amide bonds. The number of hydrogen-bond donors (Lipinski definition) is 1. The quantitative estimate of drug-likeness (QED) is 0.873. The number of ether oxygens (including phenoxy) is 1. The third kappa shape index (κ3) is 4.78. The highest BCUT2D eigenvalue weighted by atomic mass is 16.5. The zero-order chi connectivity index (χ0) is 16.3. The average molecular weight is 321 g/mol. The Hall–Kier alpha value is -0.910. The van der Waals surface area contributed by atoms with Gasteiger partial charge in [-0.05, 0) is 31.3 Å². The number of aromatic nitrogens is 1. The monoisotopic (exact) mass is 321 g/mol. The van der Waals surface area contributed by atoms with Gasteiger partial charge in [-0.15, -0.1) is 0 Å². The van der Waals surface area contributed by atoms with E-state index in [9.17, 15) is 0 Å². The molecule has 0 unspecified atom stereocenters. The van der Waals surface area contributed by atoms with Crippen molar-refractivity contribution in [3.05, 3.63) is 17.5 Å². The van der Waals surface area contributed by atoms with E-state index >= 15 is 0 Å². The number of hydrogen-bond acceptors (Lipinski definition) is 5. The van der Waals surface area contributed by atoms with E-state index in [2.05, 4.69) is 42.2 Å². The summed E-state index contributed by atoms with van der Waals surface area (Å²) in [5.41, 5.74) is 1.35. The Morgan fingerprint density at radius 3 is 2.57 bits per heavy atom. The van der Waals surface area contributed by atoms with Crippen molar-refractivity contribution in [3.8, 4) is 0 Å². The second-order valence-corrected chi connectivity index (χ2v) is 8.49. The summed E-state index contributed by atoms with van der Waals surface area (Å²) in [5.74, 6) is 0.994. The molecule has 0 spiro atoms. The molecule has 2 aliphatic heterocycles. The smallest absolute Gasteiger partial charge is 0.150 e. The molecule has 1 N–H and O–H groups in total. The molecule has 130 valence electrons. The molecule has 0 bridgehead atoms. The molecule has 0 aliphatic carbocycles. The predicted molar refractivity (Wildman–Crippen MR) is 90.3 cm³/mol. The Morgan fingerprint density at radius 2 is 1.96 bits per heavy atom. The lowest BCUT2D eigenvalue weighted by molar-refractivity contribution is -0.0774. The first kappa shape index (κ1) is 16.9. The van der Waals surface area contributed by atoms with Gasteiger partial charge in [0.25, 0.3) is 0 Å². The standard InChI is InChI=1S/C18H31N3O2/c1-17(2,3)12-19-18(13-22-14-18)10-15-9-16(23-20-15)11-21-7-5-4-6-8-21/h9,19H,4-8,10-14H2,1-3H3. The van der Waals surface area contributed by atoms with Crippen LogP contribution in [0, 0.1) is 5.41 Å². The van der Waals surface area contributed by atoms with E-state index in [0.29, 0.717) is 0 Å². The Morgan fingerprint density at radius 1 is 1.22 bits per heavy atom. The van der Waals surface area contributed by atoms with Crippen molar-refractivity contribution in [1.29, 1.82) is 0 Å². The molecule has 3 rings (SSSR count). The molecule has 1 aromatic heterocycles. The van der Waals surface area contributed by atoms with Crippen LogP contribution in [0.2, 0.25) is 0 Å². The van der Waals surface area contributed by atoms with Crippen LogP contribution in [0.25, 0.3) is 0 Å². The molecule has 1 aromatic rings. The van der Waals surface area contributed by atoms with Gasteiger partial charge in [0.1, 0.15) is 0 Å². The van der Waals surface area contributed by atoms with Gasteiger partial charge in [-0.25, -0.2) is 0 Å². The fourth-order valence-electron chi connectivity index (χ4n) is 3.27. The van der Waals surface area contributed by atoms with Crippen LogP contribution < -0.4 is 5.32 Å². The summed E-state index contributed by atoms with van der Waals surface area (Å²) < 4.78 is 11.0. The Labute approximate surface area is 139 Å². The largest absolute Gasteiger partial charge is 0.377 e. The minimum Gasteiger partial charge on any atom is -0.377 e. The number of likely N-dealkylation sites (tertiary alicyclic amines) is 1. The van der Waals surface area contributed by atoms with Crippen molar-refractivity contribution in [2.75, 3.05) is 32.8 Å². The van der Waals surface area contributed by atoms with E-state index in [1.165, 1.54) is 32.4 Å². The van der Waals surface area contributed by atoms with Crippen molar-refractivity contribution in [1.82, 2.24) is 15.4 Å². The number of nitrogens with one attached hydrogen (secondary N) is 1. The van der Waals surface area contributed by atoms with Gasteiger partial charge >= 0.3 is 0 Å². The SMILES string of the molecule is CC(C)(C)CNC1(Cc2cc(CN3CCCCC3)on2)COC1. The Balaban J connectivity index is 1.54. The van der Waals surface area contributed by atoms with Crippen molar-refractivity contribution in [2.45, 2.75) is 58.5 Å². The molecule has 2 fully saturated rings. The molecular weight excluding hydrogens is 290 g/mol. The molecule has 0 aromatic carbocycles. The highest BCUT2D eigenvalue weighted by molar-refractivity contribution is 5.12. The van der Waals surface area contributed by atoms with Crippen LogP contribution >= 0.6 is 0 Å². The average Bonchev–Trinajstić information content (AvgIpc) is 2.89. The van der Waals surface area contributed by atoms with E-state index in [4.69, 9.17) is 9.26 Å². The minimum atomic E-state index is 0.0343. The molecule has 3 heterocycles. The van der Waals surface area contributed by atoms with Crippen LogP contribution in [-0.2, 0) is 17.7 Å². The van der Waals surface area contributed by atoms with Crippen LogP contribution in [0.5, 0.6) is 0 Å². The number of piperidine rings is 1. The zero-order valence-corrected chi connectivity index (χ0v) is 14.9. The van der Waals surface area contributed by atoms with Crippen LogP contribution in [0.15, 0.2) is 10.6 Å². The maximum absolute atomic E-state index is 5.57. The molecule has 0 radical (unpaired) electrons. The number of rotatable bonds is 6. The lowest BCUT2D eigenvalue weighted by Gasteiger charge is -2.43. The van der Waals surface area contributed by atoms with Crippen molar-refractivity contribution in [2.24, 2.45) is 5.41 Å². The van der Waals surface area contributed by atoms with Gasteiger partial charge in [0, 0.05) is 19.0 Å². The van der Waals surface area contributed by atoms with Gasteiger partial charge in [-0.2, -0.15) is 0 Å². The summed E-state index contributed by atoms with van der Waals surface area (Å²) in [7, 11) is 0. The Bertz CT molecular complexity index is 497. The molecule has 23 heavy (non-hydrogen) atoms. The van der Waals surface area contributed by atoms with E-state index in [0.717, 1.165) is 44.2 Å². The molecule has 0 atom stereocenters. The topological polar surface area (TPSA) is 50.5 Å². The van der Waals surface area contributed by atoms with E-state index < -0.39 is 0 Å². The van der Waals surface area contributed by atoms with Crippen molar-refractivity contribution >= 4 is 0 Å². The maximum Gasteiger partial charge on any atom is 0.150 e. The summed E-state index contributed by atoms with van der Waals surface area (Å²) in [4.78, 5) is 2.47. The van der Waals surface area contributed by atoms with Gasteiger partial charge in [0.15, 0.2) is 5.76 Å². The highest BCUT2D eigenvalue weighted by Crippen LogP contribution is 2.25. The zero-order valence-electron chi connectivity index (χ0n) is 14.9. The van der Waals surface area contributed by atoms with Crippen molar-refractivity contribution in [3.63, 3.8) is 0 Å². The van der Waals surface area contributed by atoms with Crippen LogP contribution in [0.3, 0.4) is 0 Å². The summed E-state index contributed by atoms with van der Waals surface area (Å²) in [6.45, 7) is 12.5. The summed E-state index contributed by atoms with van der Waals surface area (Å²) in [6.07, 6.45) is 4.85. The van der Waals surface area contributed by atoms with E-state index in [1.807, 2.05) is 0 Å². The lowest BCUT2D eigenvalue weighted by atomic mass is 9.88. The van der Waals surface area contributed by atoms with Gasteiger partial charge in [-0.3, -0.25) is 4.90 Å². The molecular formula is C18H31N3O2. The van der Waals surface area contributed by atoms with Crippen molar-refractivity contribution < 1.29 is 9.26 Å². The first-order valence-corrected chi connectivity index (χ1v) is 8.94. The van der Waals surface area contributed by atoms with Gasteiger partial charge in [0.2, 0.25) is 0 Å². The fourth-order valence-corrected chi connectivity index (χ4v) is 3.27. The van der Waals surface area contributed by atoms with Crippen LogP contribution in [0.4, 0.5) is 0 Å². The molecule has 2 aliphatic rings. The van der Waals surface area contributed by atoms with Gasteiger partial charge < -0.3 is 14.6 Å². The van der Waals surface area contributed by atoms with Crippen LogP contribution in [-0.4, -0.2) is 48.4 Å². The molecule has 2 saturated heterocycles. The fraction of sp³-hybridized carbons (Fsp3) is 0.833. The second kappa shape index (κ2) is 6.91. The highest BCUT2D eigenvalue weighted by Gasteiger charge is 2.39. The van der Waals surface area contributed by atoms with E-state index in [1.54, 1.807) is 0 Å². The maximum atomic E-state index is 5.57. The summed E-state index contributed by atoms with van der Waals surface area (Å²) in [5, 5.41) is 7.99. The Kier molecular flexibility index (Phi) is 5.09. The van der Waals surface area contributed by atoms with Crippen LogP contribution in [0.1, 0.15) is 51.5 Å². The predicted octanol–water partition coefficient (Wildman–Crippen LogP) is 2.61. The van der Waals surface area contributed by atoms with Gasteiger partial charge in [-0.1, -0.05) is 32.3 Å². The first-order valence-electron chi connectivity index (χ1n) is 8.94. The molecule has 5 nitrogen and oxygen atoms in total. The third-order valence-corrected chi connectivity index (χ3v) is 4.71. The summed E-state index contributed by atoms with van der Waals surface area (Å²) >= 11 is 0. The summed E-state index contributed by atoms with van der Waals surface area (Å²) in [6, 6.07) is 2.13. The van der Waals surface area contributed by atoms with E-state index in [-0.39, 0.29) is 11.0 Å². The lowest BCUT2D eigenvalue weighted by Crippen LogP contribution is -2.63. The number of nitrogens with zero attached hydrogens (tertiary/aromatic N) is 2. The molecule has 0 saturated carbocycles. The normalized spacial score (nSPS) is 22.0. The third-order valence-electron chi connectivity index (χ3n) is 4.71. The first-order chi connectivity index (χ1) is 10.9. The minimum absolute atomic E-state index is 0.0343. The molecule has 5 heteroatoms. The second-order valence-electron chi connectivity index (χ2n) is 8.49.